The van der Waals surface area contributed by atoms with Crippen molar-refractivity contribution in [2.24, 2.45) is 5.92 Å². The molecule has 3 unspecified atom stereocenters. The molecular weight excluding hydrogens is 244 g/mol. The van der Waals surface area contributed by atoms with E-state index in [0.29, 0.717) is 18.5 Å². The zero-order valence-electron chi connectivity index (χ0n) is 11.8. The standard InChI is InChI=1S/C14H24N2O3/c1-10(8-14(18)19)7-13(17)16-6-5-11-3-4-12(9-16)15(11)2/h10-12H,3-9H2,1-2H3,(H,18,19). The molecule has 5 nitrogen and oxygen atoms in total. The molecule has 2 fully saturated rings. The normalized spacial score (nSPS) is 29.1. The van der Waals surface area contributed by atoms with Crippen LogP contribution in [-0.4, -0.2) is 59.0 Å². The molecule has 19 heavy (non-hydrogen) atoms. The fraction of sp³-hybridized carbons (Fsp3) is 0.857. The summed E-state index contributed by atoms with van der Waals surface area (Å²) in [7, 11) is 2.16. The Morgan fingerprint density at radius 2 is 1.89 bits per heavy atom. The Bertz CT molecular complexity index is 359. The molecule has 2 saturated heterocycles. The van der Waals surface area contributed by atoms with Crippen LogP contribution in [0.4, 0.5) is 0 Å². The first-order chi connectivity index (χ1) is 8.97. The summed E-state index contributed by atoms with van der Waals surface area (Å²) in [4.78, 5) is 27.2. The number of hydrogen-bond donors (Lipinski definition) is 1. The van der Waals surface area contributed by atoms with E-state index in [4.69, 9.17) is 5.11 Å². The van der Waals surface area contributed by atoms with Gasteiger partial charge in [-0.1, -0.05) is 6.92 Å². The number of carbonyl (C=O) groups is 2. The van der Waals surface area contributed by atoms with E-state index in [-0.39, 0.29) is 18.2 Å². The average Bonchev–Trinajstić information content (AvgIpc) is 2.51. The maximum atomic E-state index is 12.2. The minimum atomic E-state index is -0.824. The maximum Gasteiger partial charge on any atom is 0.303 e. The Morgan fingerprint density at radius 1 is 1.21 bits per heavy atom. The van der Waals surface area contributed by atoms with Gasteiger partial charge in [-0.15, -0.1) is 0 Å². The summed E-state index contributed by atoms with van der Waals surface area (Å²) in [6, 6.07) is 1.12. The summed E-state index contributed by atoms with van der Waals surface area (Å²) in [6.45, 7) is 3.47. The second-order valence-corrected chi connectivity index (χ2v) is 6.09. The number of nitrogens with zero attached hydrogens (tertiary/aromatic N) is 2. The molecule has 2 aliphatic heterocycles. The van der Waals surface area contributed by atoms with Gasteiger partial charge in [-0.3, -0.25) is 14.5 Å². The predicted molar refractivity (Wildman–Crippen MR) is 71.8 cm³/mol. The van der Waals surface area contributed by atoms with Gasteiger partial charge in [-0.05, 0) is 32.2 Å². The Hall–Kier alpha value is -1.10. The summed E-state index contributed by atoms with van der Waals surface area (Å²) in [5.41, 5.74) is 0. The highest BCUT2D eigenvalue weighted by molar-refractivity contribution is 5.77. The highest BCUT2D eigenvalue weighted by atomic mass is 16.4. The third-order valence-corrected chi connectivity index (χ3v) is 4.55. The molecule has 0 aromatic heterocycles. The minimum absolute atomic E-state index is 0.0749. The van der Waals surface area contributed by atoms with Gasteiger partial charge in [-0.2, -0.15) is 0 Å². The molecule has 0 aromatic rings. The van der Waals surface area contributed by atoms with Crippen LogP contribution < -0.4 is 0 Å². The molecule has 2 aliphatic rings. The van der Waals surface area contributed by atoms with Gasteiger partial charge in [0, 0.05) is 38.0 Å². The zero-order chi connectivity index (χ0) is 14.0. The lowest BCUT2D eigenvalue weighted by Gasteiger charge is -2.26. The first kappa shape index (κ1) is 14.3. The van der Waals surface area contributed by atoms with Gasteiger partial charge < -0.3 is 10.0 Å². The van der Waals surface area contributed by atoms with E-state index in [0.717, 1.165) is 19.5 Å². The van der Waals surface area contributed by atoms with E-state index in [9.17, 15) is 9.59 Å². The molecule has 5 heteroatoms. The van der Waals surface area contributed by atoms with Crippen LogP contribution in [0.5, 0.6) is 0 Å². The Morgan fingerprint density at radius 3 is 2.58 bits per heavy atom. The van der Waals surface area contributed by atoms with Gasteiger partial charge in [0.05, 0.1) is 0 Å². The van der Waals surface area contributed by atoms with Crippen LogP contribution in [0.3, 0.4) is 0 Å². The van der Waals surface area contributed by atoms with Crippen molar-refractivity contribution in [3.63, 3.8) is 0 Å². The first-order valence-corrected chi connectivity index (χ1v) is 7.19. The van der Waals surface area contributed by atoms with Crippen LogP contribution >= 0.6 is 0 Å². The number of amides is 1. The van der Waals surface area contributed by atoms with Gasteiger partial charge in [0.25, 0.3) is 0 Å². The van der Waals surface area contributed by atoms with E-state index < -0.39 is 5.97 Å². The smallest absolute Gasteiger partial charge is 0.303 e. The highest BCUT2D eigenvalue weighted by Crippen LogP contribution is 2.28. The van der Waals surface area contributed by atoms with Crippen molar-refractivity contribution in [2.45, 2.75) is 51.1 Å². The predicted octanol–water partition coefficient (Wildman–Crippen LogP) is 1.18. The van der Waals surface area contributed by atoms with Crippen LogP contribution in [0.1, 0.15) is 39.0 Å². The summed E-state index contributed by atoms with van der Waals surface area (Å²) >= 11 is 0. The molecule has 1 N–H and O–H groups in total. The van der Waals surface area contributed by atoms with E-state index in [1.165, 1.54) is 12.8 Å². The van der Waals surface area contributed by atoms with Crippen molar-refractivity contribution < 1.29 is 14.7 Å². The molecule has 0 radical (unpaired) electrons. The van der Waals surface area contributed by atoms with Crippen molar-refractivity contribution >= 4 is 11.9 Å². The summed E-state index contributed by atoms with van der Waals surface area (Å²) in [6.07, 6.45) is 3.90. The van der Waals surface area contributed by atoms with Crippen molar-refractivity contribution in [3.05, 3.63) is 0 Å². The third-order valence-electron chi connectivity index (χ3n) is 4.55. The summed E-state index contributed by atoms with van der Waals surface area (Å²) in [5, 5.41) is 8.74. The molecule has 2 rings (SSSR count). The molecular formula is C14H24N2O3. The van der Waals surface area contributed by atoms with E-state index in [2.05, 4.69) is 11.9 Å². The number of carboxylic acids is 1. The Kier molecular flexibility index (Phi) is 4.45. The van der Waals surface area contributed by atoms with Crippen molar-refractivity contribution in [1.29, 1.82) is 0 Å². The minimum Gasteiger partial charge on any atom is -0.481 e. The number of likely N-dealkylation sites (N-methyl/N-ethyl adjacent to an activating group) is 1. The van der Waals surface area contributed by atoms with Crippen LogP contribution in [0, 0.1) is 5.92 Å². The molecule has 0 aliphatic carbocycles. The number of likely N-dealkylation sites (tertiary alicyclic amines) is 1. The van der Waals surface area contributed by atoms with E-state index >= 15 is 0 Å². The average molecular weight is 268 g/mol. The number of aliphatic carboxylic acids is 1. The van der Waals surface area contributed by atoms with E-state index in [1.807, 2.05) is 11.8 Å². The number of carboxylic acid groups (broad SMARTS) is 1. The van der Waals surface area contributed by atoms with Crippen molar-refractivity contribution in [1.82, 2.24) is 9.80 Å². The molecule has 2 bridgehead atoms. The topological polar surface area (TPSA) is 60.9 Å². The lowest BCUT2D eigenvalue weighted by molar-refractivity contribution is -0.138. The second-order valence-electron chi connectivity index (χ2n) is 6.09. The van der Waals surface area contributed by atoms with Crippen LogP contribution in [0.25, 0.3) is 0 Å². The van der Waals surface area contributed by atoms with Crippen LogP contribution in [0.15, 0.2) is 0 Å². The van der Waals surface area contributed by atoms with Gasteiger partial charge in [0.2, 0.25) is 5.91 Å². The second kappa shape index (κ2) is 5.90. The zero-order valence-corrected chi connectivity index (χ0v) is 11.8. The Labute approximate surface area is 114 Å². The molecule has 3 atom stereocenters. The fourth-order valence-corrected chi connectivity index (χ4v) is 3.33. The molecule has 0 aromatic carbocycles. The van der Waals surface area contributed by atoms with Gasteiger partial charge in [0.1, 0.15) is 0 Å². The first-order valence-electron chi connectivity index (χ1n) is 7.19. The molecule has 0 saturated carbocycles. The number of fused-ring (bicyclic) bond motifs is 2. The number of carbonyl (C=O) groups excluding carboxylic acids is 1. The summed E-state index contributed by atoms with van der Waals surface area (Å²) < 4.78 is 0. The molecule has 108 valence electrons. The van der Waals surface area contributed by atoms with Gasteiger partial charge >= 0.3 is 5.97 Å². The van der Waals surface area contributed by atoms with Crippen molar-refractivity contribution in [3.8, 4) is 0 Å². The monoisotopic (exact) mass is 268 g/mol. The highest BCUT2D eigenvalue weighted by Gasteiger charge is 2.36. The van der Waals surface area contributed by atoms with Crippen LogP contribution in [0.2, 0.25) is 0 Å². The molecule has 1 amide bonds. The van der Waals surface area contributed by atoms with Crippen LogP contribution in [-0.2, 0) is 9.59 Å². The quantitative estimate of drug-likeness (QED) is 0.832. The fourth-order valence-electron chi connectivity index (χ4n) is 3.33. The maximum absolute atomic E-state index is 12.2. The van der Waals surface area contributed by atoms with Gasteiger partial charge in [-0.25, -0.2) is 0 Å². The van der Waals surface area contributed by atoms with E-state index in [1.54, 1.807) is 0 Å². The molecule has 0 spiro atoms. The van der Waals surface area contributed by atoms with Crippen molar-refractivity contribution in [2.75, 3.05) is 20.1 Å². The lowest BCUT2D eigenvalue weighted by atomic mass is 10.0. The number of hydrogen-bond acceptors (Lipinski definition) is 3. The lowest BCUT2D eigenvalue weighted by Crippen LogP contribution is -2.40. The number of rotatable bonds is 4. The summed E-state index contributed by atoms with van der Waals surface area (Å²) in [5.74, 6) is -0.784. The SMILES string of the molecule is CC(CC(=O)O)CC(=O)N1CCC2CCC(C1)N2C. The Balaban J connectivity index is 1.88. The third kappa shape index (κ3) is 3.47. The van der Waals surface area contributed by atoms with Gasteiger partial charge in [0.15, 0.2) is 0 Å². The largest absolute Gasteiger partial charge is 0.481 e. The molecule has 2 heterocycles.